The molecule has 0 radical (unpaired) electrons. The van der Waals surface area contributed by atoms with Crippen LogP contribution in [-0.4, -0.2) is 51.4 Å². The van der Waals surface area contributed by atoms with Gasteiger partial charge in [0.25, 0.3) is 5.91 Å². The standard InChI is InChI=1S/C16H28N4O2S/c1-4-6-10-22-12(3)15(21)19-9-7-8-13(11-19)14-17-18-16(23)20(14)5-2/h12-13H,4-11H2,1-3H3,(H,18,23). The Morgan fingerprint density at radius 2 is 2.30 bits per heavy atom. The van der Waals surface area contributed by atoms with Crippen LogP contribution in [0.25, 0.3) is 0 Å². The van der Waals surface area contributed by atoms with Crippen LogP contribution >= 0.6 is 12.2 Å². The van der Waals surface area contributed by atoms with Crippen LogP contribution in [0.4, 0.5) is 0 Å². The molecule has 1 N–H and O–H groups in total. The van der Waals surface area contributed by atoms with Crippen LogP contribution in [0.15, 0.2) is 0 Å². The van der Waals surface area contributed by atoms with Crippen molar-refractivity contribution in [1.29, 1.82) is 0 Å². The van der Waals surface area contributed by atoms with Gasteiger partial charge in [-0.25, -0.2) is 0 Å². The molecule has 1 fully saturated rings. The molecule has 1 amide bonds. The summed E-state index contributed by atoms with van der Waals surface area (Å²) in [7, 11) is 0. The second-order valence-corrected chi connectivity index (χ2v) is 6.51. The van der Waals surface area contributed by atoms with Gasteiger partial charge in [-0.1, -0.05) is 13.3 Å². The van der Waals surface area contributed by atoms with E-state index in [9.17, 15) is 4.79 Å². The average molecular weight is 340 g/mol. The number of nitrogens with zero attached hydrogens (tertiary/aromatic N) is 3. The lowest BCUT2D eigenvalue weighted by Crippen LogP contribution is -2.44. The summed E-state index contributed by atoms with van der Waals surface area (Å²) >= 11 is 5.27. The zero-order valence-electron chi connectivity index (χ0n) is 14.4. The largest absolute Gasteiger partial charge is 0.369 e. The Kier molecular flexibility index (Phi) is 6.77. The van der Waals surface area contributed by atoms with E-state index >= 15 is 0 Å². The van der Waals surface area contributed by atoms with E-state index < -0.39 is 0 Å². The third kappa shape index (κ3) is 4.41. The number of carbonyl (C=O) groups excluding carboxylic acids is 1. The highest BCUT2D eigenvalue weighted by Crippen LogP contribution is 2.26. The van der Waals surface area contributed by atoms with Crippen LogP contribution in [-0.2, 0) is 16.1 Å². The van der Waals surface area contributed by atoms with Crippen molar-refractivity contribution < 1.29 is 9.53 Å². The molecule has 23 heavy (non-hydrogen) atoms. The van der Waals surface area contributed by atoms with Crippen molar-refractivity contribution >= 4 is 18.1 Å². The number of nitrogens with one attached hydrogen (secondary N) is 1. The molecule has 1 aromatic heterocycles. The second kappa shape index (κ2) is 8.59. The van der Waals surface area contributed by atoms with E-state index in [0.29, 0.717) is 17.9 Å². The van der Waals surface area contributed by atoms with Crippen molar-refractivity contribution in [2.75, 3.05) is 19.7 Å². The molecule has 2 atom stereocenters. The number of hydrogen-bond acceptors (Lipinski definition) is 4. The van der Waals surface area contributed by atoms with Gasteiger partial charge in [0.05, 0.1) is 0 Å². The van der Waals surface area contributed by atoms with Gasteiger partial charge >= 0.3 is 0 Å². The van der Waals surface area contributed by atoms with Gasteiger partial charge in [-0.2, -0.15) is 5.10 Å². The van der Waals surface area contributed by atoms with Gasteiger partial charge in [-0.05, 0) is 45.3 Å². The van der Waals surface area contributed by atoms with Crippen LogP contribution in [0.5, 0.6) is 0 Å². The fourth-order valence-corrected chi connectivity index (χ4v) is 3.34. The molecule has 1 aliphatic heterocycles. The fourth-order valence-electron chi connectivity index (χ4n) is 3.07. The molecule has 2 heterocycles. The van der Waals surface area contributed by atoms with Crippen molar-refractivity contribution in [2.24, 2.45) is 0 Å². The topological polar surface area (TPSA) is 63.1 Å². The van der Waals surface area contributed by atoms with Crippen molar-refractivity contribution in [3.63, 3.8) is 0 Å². The minimum absolute atomic E-state index is 0.0861. The Labute approximate surface area is 143 Å². The monoisotopic (exact) mass is 340 g/mol. The minimum Gasteiger partial charge on any atom is -0.369 e. The van der Waals surface area contributed by atoms with E-state index in [1.165, 1.54) is 0 Å². The molecule has 7 heteroatoms. The average Bonchev–Trinajstić information content (AvgIpc) is 2.95. The van der Waals surface area contributed by atoms with E-state index in [-0.39, 0.29) is 17.9 Å². The first-order valence-corrected chi connectivity index (χ1v) is 9.04. The number of rotatable bonds is 7. The van der Waals surface area contributed by atoms with Crippen molar-refractivity contribution in [1.82, 2.24) is 19.7 Å². The lowest BCUT2D eigenvalue weighted by atomic mass is 9.96. The number of hydrogen-bond donors (Lipinski definition) is 1. The number of ether oxygens (including phenoxy) is 1. The number of H-pyrrole nitrogens is 1. The number of aromatic nitrogens is 3. The minimum atomic E-state index is -0.368. The second-order valence-electron chi connectivity index (χ2n) is 6.12. The zero-order chi connectivity index (χ0) is 16.8. The summed E-state index contributed by atoms with van der Waals surface area (Å²) in [6.45, 7) is 8.97. The highest BCUT2D eigenvalue weighted by atomic mass is 32.1. The summed E-state index contributed by atoms with van der Waals surface area (Å²) in [6, 6.07) is 0. The van der Waals surface area contributed by atoms with Gasteiger partial charge in [-0.3, -0.25) is 9.89 Å². The maximum absolute atomic E-state index is 12.6. The molecule has 1 aromatic rings. The van der Waals surface area contributed by atoms with Gasteiger partial charge in [0, 0.05) is 32.2 Å². The molecule has 1 aliphatic rings. The molecule has 6 nitrogen and oxygen atoms in total. The molecule has 0 aliphatic carbocycles. The van der Waals surface area contributed by atoms with E-state index in [1.807, 2.05) is 16.4 Å². The molecule has 2 unspecified atom stereocenters. The van der Waals surface area contributed by atoms with Crippen molar-refractivity contribution in [2.45, 2.75) is 65.0 Å². The summed E-state index contributed by atoms with van der Waals surface area (Å²) in [5.74, 6) is 1.29. The highest BCUT2D eigenvalue weighted by molar-refractivity contribution is 7.71. The first kappa shape index (κ1) is 18.1. The number of amides is 1. The van der Waals surface area contributed by atoms with Crippen LogP contribution in [0, 0.1) is 4.77 Å². The van der Waals surface area contributed by atoms with Gasteiger partial charge in [0.2, 0.25) is 0 Å². The Balaban J connectivity index is 2.00. The number of carbonyl (C=O) groups is 1. The normalized spacial score (nSPS) is 19.8. The summed E-state index contributed by atoms with van der Waals surface area (Å²) in [4.78, 5) is 14.5. The van der Waals surface area contributed by atoms with E-state index in [2.05, 4.69) is 24.0 Å². The molecule has 0 bridgehead atoms. The Bertz CT molecular complexity index is 569. The maximum atomic E-state index is 12.6. The number of likely N-dealkylation sites (tertiary alicyclic amines) is 1. The molecular formula is C16H28N4O2S. The zero-order valence-corrected chi connectivity index (χ0v) is 15.2. The summed E-state index contributed by atoms with van der Waals surface area (Å²) in [6.07, 6.45) is 3.72. The molecule has 0 aromatic carbocycles. The maximum Gasteiger partial charge on any atom is 0.251 e. The predicted octanol–water partition coefficient (Wildman–Crippen LogP) is 2.87. The van der Waals surface area contributed by atoms with Crippen LogP contribution < -0.4 is 0 Å². The highest BCUT2D eigenvalue weighted by Gasteiger charge is 2.30. The fraction of sp³-hybridized carbons (Fsp3) is 0.812. The molecular weight excluding hydrogens is 312 g/mol. The third-order valence-corrected chi connectivity index (χ3v) is 4.73. The summed E-state index contributed by atoms with van der Waals surface area (Å²) < 4.78 is 8.33. The van der Waals surface area contributed by atoms with E-state index in [0.717, 1.165) is 44.6 Å². The van der Waals surface area contributed by atoms with Gasteiger partial charge in [0.15, 0.2) is 4.77 Å². The van der Waals surface area contributed by atoms with Gasteiger partial charge in [0.1, 0.15) is 11.9 Å². The van der Waals surface area contributed by atoms with Crippen LogP contribution in [0.2, 0.25) is 0 Å². The lowest BCUT2D eigenvalue weighted by Gasteiger charge is -2.33. The van der Waals surface area contributed by atoms with E-state index in [4.69, 9.17) is 17.0 Å². The van der Waals surface area contributed by atoms with Crippen LogP contribution in [0.1, 0.15) is 58.2 Å². The quantitative estimate of drug-likeness (QED) is 0.612. The SMILES string of the molecule is CCCCOC(C)C(=O)N1CCCC(c2n[nH]c(=S)n2CC)C1. The Morgan fingerprint density at radius 1 is 1.52 bits per heavy atom. The Hall–Kier alpha value is -1.21. The number of piperidine rings is 1. The molecule has 0 spiro atoms. The predicted molar refractivity (Wildman–Crippen MR) is 92.0 cm³/mol. The van der Waals surface area contributed by atoms with Crippen LogP contribution in [0.3, 0.4) is 0 Å². The van der Waals surface area contributed by atoms with Gasteiger partial charge in [-0.15, -0.1) is 0 Å². The smallest absolute Gasteiger partial charge is 0.251 e. The summed E-state index contributed by atoms with van der Waals surface area (Å²) in [5.41, 5.74) is 0. The molecule has 130 valence electrons. The first-order valence-electron chi connectivity index (χ1n) is 8.63. The van der Waals surface area contributed by atoms with Crippen molar-refractivity contribution in [3.8, 4) is 0 Å². The summed E-state index contributed by atoms with van der Waals surface area (Å²) in [5, 5.41) is 7.26. The third-order valence-electron chi connectivity index (χ3n) is 4.42. The number of aromatic amines is 1. The molecule has 2 rings (SSSR count). The molecule has 1 saturated heterocycles. The van der Waals surface area contributed by atoms with Gasteiger partial charge < -0.3 is 14.2 Å². The number of unbranched alkanes of at least 4 members (excludes halogenated alkanes) is 1. The lowest BCUT2D eigenvalue weighted by molar-refractivity contribution is -0.144. The first-order chi connectivity index (χ1) is 11.1. The molecule has 0 saturated carbocycles. The van der Waals surface area contributed by atoms with Crippen molar-refractivity contribution in [3.05, 3.63) is 10.6 Å². The van der Waals surface area contributed by atoms with E-state index in [1.54, 1.807) is 0 Å². The Morgan fingerprint density at radius 3 is 3.00 bits per heavy atom.